The zero-order valence-electron chi connectivity index (χ0n) is 4.67. The van der Waals surface area contributed by atoms with E-state index in [-0.39, 0.29) is 5.82 Å². The fourth-order valence-electron chi connectivity index (χ4n) is 0.540. The van der Waals surface area contributed by atoms with Gasteiger partial charge in [0.25, 0.3) is 0 Å². The number of rotatable bonds is 1. The van der Waals surface area contributed by atoms with Gasteiger partial charge < -0.3 is 4.84 Å². The summed E-state index contributed by atoms with van der Waals surface area (Å²) in [4.78, 5) is 4.26. The largest absolute Gasteiger partial charge is 0.411 e. The third-order valence-electron chi connectivity index (χ3n) is 0.932. The summed E-state index contributed by atoms with van der Waals surface area (Å²) in [5.74, 6) is 4.73. The quantitative estimate of drug-likeness (QED) is 0.573. The summed E-state index contributed by atoms with van der Waals surface area (Å²) >= 11 is 0. The fourth-order valence-corrected chi connectivity index (χ4v) is 0.540. The van der Waals surface area contributed by atoms with Gasteiger partial charge in [-0.1, -0.05) is 6.07 Å². The molecule has 0 fully saturated rings. The van der Waals surface area contributed by atoms with Crippen molar-refractivity contribution in [2.45, 2.75) is 0 Å². The Morgan fingerprint density at radius 1 is 1.44 bits per heavy atom. The van der Waals surface area contributed by atoms with Crippen LogP contribution in [-0.2, 0) is 0 Å². The summed E-state index contributed by atoms with van der Waals surface area (Å²) in [6.07, 6.45) is 0. The molecule has 0 aliphatic rings. The molecule has 3 heteroatoms. The van der Waals surface area contributed by atoms with Gasteiger partial charge >= 0.3 is 0 Å². The maximum Gasteiger partial charge on any atom is 0.149 e. The average molecular weight is 127 g/mol. The Hall–Kier alpha value is -1.09. The first-order chi connectivity index (χ1) is 4.33. The highest BCUT2D eigenvalue weighted by Crippen LogP contribution is 2.09. The molecule has 0 atom stereocenters. The third kappa shape index (κ3) is 1.40. The Bertz CT molecular complexity index is 202. The summed E-state index contributed by atoms with van der Waals surface area (Å²) < 4.78 is 12.2. The zero-order valence-corrected chi connectivity index (χ0v) is 4.67. The van der Waals surface area contributed by atoms with Crippen LogP contribution in [0.25, 0.3) is 0 Å². The Morgan fingerprint density at radius 3 is 2.67 bits per heavy atom. The topological polar surface area (TPSA) is 35.2 Å². The molecular formula is C6H6FNO. The second kappa shape index (κ2) is 2.46. The van der Waals surface area contributed by atoms with Crippen LogP contribution in [0.15, 0.2) is 24.3 Å². The molecule has 0 amide bonds. The van der Waals surface area contributed by atoms with Crippen molar-refractivity contribution in [2.75, 3.05) is 0 Å². The van der Waals surface area contributed by atoms with Crippen molar-refractivity contribution in [1.29, 1.82) is 0 Å². The Morgan fingerprint density at radius 2 is 2.22 bits per heavy atom. The van der Waals surface area contributed by atoms with E-state index in [2.05, 4.69) is 4.84 Å². The van der Waals surface area contributed by atoms with Gasteiger partial charge in [-0.15, -0.1) is 0 Å². The van der Waals surface area contributed by atoms with Crippen molar-refractivity contribution >= 4 is 0 Å². The van der Waals surface area contributed by atoms with Crippen LogP contribution in [0.3, 0.4) is 0 Å². The molecule has 0 bridgehead atoms. The molecule has 2 nitrogen and oxygen atoms in total. The molecule has 0 saturated carbocycles. The normalized spacial score (nSPS) is 9.11. The SMILES string of the molecule is NOc1cccc(F)c1. The smallest absolute Gasteiger partial charge is 0.149 e. The Kier molecular flexibility index (Phi) is 1.65. The molecule has 0 unspecified atom stereocenters. The van der Waals surface area contributed by atoms with Crippen molar-refractivity contribution in [3.63, 3.8) is 0 Å². The lowest BCUT2D eigenvalue weighted by Crippen LogP contribution is -2.01. The highest BCUT2D eigenvalue weighted by Gasteiger charge is 1.90. The first-order valence-corrected chi connectivity index (χ1v) is 2.45. The first-order valence-electron chi connectivity index (χ1n) is 2.45. The molecule has 0 aliphatic carbocycles. The number of hydrogen-bond acceptors (Lipinski definition) is 2. The first kappa shape index (κ1) is 6.04. The molecular weight excluding hydrogens is 121 g/mol. The van der Waals surface area contributed by atoms with Crippen molar-refractivity contribution < 1.29 is 9.23 Å². The molecule has 1 rings (SSSR count). The average Bonchev–Trinajstić information content (AvgIpc) is 1.88. The van der Waals surface area contributed by atoms with E-state index >= 15 is 0 Å². The van der Waals surface area contributed by atoms with E-state index in [0.717, 1.165) is 0 Å². The lowest BCUT2D eigenvalue weighted by Gasteiger charge is -1.94. The summed E-state index contributed by atoms with van der Waals surface area (Å²) in [6.45, 7) is 0. The van der Waals surface area contributed by atoms with E-state index in [0.29, 0.717) is 5.75 Å². The predicted molar refractivity (Wildman–Crippen MR) is 31.2 cm³/mol. The zero-order chi connectivity index (χ0) is 6.69. The molecule has 2 N–H and O–H groups in total. The Balaban J connectivity index is 2.94. The van der Waals surface area contributed by atoms with Crippen LogP contribution in [0.4, 0.5) is 4.39 Å². The second-order valence-corrected chi connectivity index (χ2v) is 1.58. The third-order valence-corrected chi connectivity index (χ3v) is 0.932. The molecule has 1 aromatic rings. The molecule has 0 heterocycles. The minimum Gasteiger partial charge on any atom is -0.411 e. The maximum absolute atomic E-state index is 12.2. The van der Waals surface area contributed by atoms with Crippen LogP contribution >= 0.6 is 0 Å². The van der Waals surface area contributed by atoms with Gasteiger partial charge in [-0.2, -0.15) is 5.90 Å². The van der Waals surface area contributed by atoms with Crippen LogP contribution in [0, 0.1) is 5.82 Å². The summed E-state index contributed by atoms with van der Waals surface area (Å²) in [5.41, 5.74) is 0. The van der Waals surface area contributed by atoms with Gasteiger partial charge in [-0.3, -0.25) is 0 Å². The summed E-state index contributed by atoms with van der Waals surface area (Å²) in [7, 11) is 0. The van der Waals surface area contributed by atoms with E-state index in [4.69, 9.17) is 5.90 Å². The van der Waals surface area contributed by atoms with Crippen LogP contribution in [0.2, 0.25) is 0 Å². The lowest BCUT2D eigenvalue weighted by atomic mass is 10.3. The van der Waals surface area contributed by atoms with Gasteiger partial charge in [0.1, 0.15) is 11.6 Å². The second-order valence-electron chi connectivity index (χ2n) is 1.58. The van der Waals surface area contributed by atoms with Gasteiger partial charge in [-0.25, -0.2) is 4.39 Å². The van der Waals surface area contributed by atoms with Crippen molar-refractivity contribution in [1.82, 2.24) is 0 Å². The number of nitrogens with two attached hydrogens (primary N) is 1. The highest BCUT2D eigenvalue weighted by molar-refractivity contribution is 5.21. The molecule has 1 aromatic carbocycles. The number of hydrogen-bond donors (Lipinski definition) is 1. The molecule has 0 aliphatic heterocycles. The predicted octanol–water partition coefficient (Wildman–Crippen LogP) is 1.08. The summed E-state index contributed by atoms with van der Waals surface area (Å²) in [5, 5.41) is 0. The number of halogens is 1. The van der Waals surface area contributed by atoms with Gasteiger partial charge in [0.05, 0.1) is 0 Å². The van der Waals surface area contributed by atoms with Crippen molar-refractivity contribution in [3.8, 4) is 5.75 Å². The van der Waals surface area contributed by atoms with Gasteiger partial charge in [0.2, 0.25) is 0 Å². The fraction of sp³-hybridized carbons (Fsp3) is 0. The van der Waals surface area contributed by atoms with Crippen LogP contribution in [0.1, 0.15) is 0 Å². The van der Waals surface area contributed by atoms with E-state index in [9.17, 15) is 4.39 Å². The van der Waals surface area contributed by atoms with Crippen molar-refractivity contribution in [3.05, 3.63) is 30.1 Å². The standard InChI is InChI=1S/C6H6FNO/c7-5-2-1-3-6(4-5)9-8/h1-4H,8H2. The Labute approximate surface area is 52.0 Å². The lowest BCUT2D eigenvalue weighted by molar-refractivity contribution is 0.332. The highest BCUT2D eigenvalue weighted by atomic mass is 19.1. The maximum atomic E-state index is 12.2. The molecule has 0 spiro atoms. The molecule has 9 heavy (non-hydrogen) atoms. The van der Waals surface area contributed by atoms with Crippen LogP contribution in [-0.4, -0.2) is 0 Å². The van der Waals surface area contributed by atoms with E-state index in [1.165, 1.54) is 18.2 Å². The summed E-state index contributed by atoms with van der Waals surface area (Å²) in [6, 6.07) is 5.63. The van der Waals surface area contributed by atoms with E-state index in [1.54, 1.807) is 6.07 Å². The van der Waals surface area contributed by atoms with Crippen LogP contribution < -0.4 is 10.7 Å². The molecule has 0 aromatic heterocycles. The molecule has 48 valence electrons. The van der Waals surface area contributed by atoms with Gasteiger partial charge in [0, 0.05) is 6.07 Å². The van der Waals surface area contributed by atoms with Crippen LogP contribution in [0.5, 0.6) is 5.75 Å². The minimum atomic E-state index is -0.349. The molecule has 0 radical (unpaired) electrons. The minimum absolute atomic E-state index is 0.329. The number of benzene rings is 1. The van der Waals surface area contributed by atoms with E-state index in [1.807, 2.05) is 0 Å². The van der Waals surface area contributed by atoms with Crippen molar-refractivity contribution in [2.24, 2.45) is 5.90 Å². The van der Waals surface area contributed by atoms with E-state index < -0.39 is 0 Å². The monoisotopic (exact) mass is 127 g/mol. The van der Waals surface area contributed by atoms with Gasteiger partial charge in [0.15, 0.2) is 0 Å². The van der Waals surface area contributed by atoms with Gasteiger partial charge in [-0.05, 0) is 12.1 Å². The molecule has 0 saturated heterocycles.